The largest absolute Gasteiger partial charge is 0.439 e. The minimum Gasteiger partial charge on any atom is -0.439 e. The molecule has 4 nitrogen and oxygen atoms in total. The quantitative estimate of drug-likeness (QED) is 0.210. The van der Waals surface area contributed by atoms with Crippen molar-refractivity contribution in [1.82, 2.24) is 4.90 Å². The van der Waals surface area contributed by atoms with Crippen molar-refractivity contribution >= 4 is 24.0 Å². The van der Waals surface area contributed by atoms with E-state index in [1.165, 1.54) is 0 Å². The number of nitrogens with zero attached hydrogens (tertiary/aromatic N) is 1. The molecule has 0 bridgehead atoms. The molecule has 0 aromatic heterocycles. The molecule has 1 aliphatic rings. The van der Waals surface area contributed by atoms with Crippen LogP contribution >= 0.6 is 11.6 Å². The van der Waals surface area contributed by atoms with Crippen LogP contribution in [0.4, 0.5) is 18.0 Å². The van der Waals surface area contributed by atoms with Crippen molar-refractivity contribution in [3.8, 4) is 22.3 Å². The first-order valence-electron chi connectivity index (χ1n) is 13.5. The number of rotatable bonds is 6. The number of hydrogen-bond acceptors (Lipinski definition) is 3. The third kappa shape index (κ3) is 5.79. The minimum atomic E-state index is -4.51. The van der Waals surface area contributed by atoms with Gasteiger partial charge in [0.1, 0.15) is 12.4 Å². The van der Waals surface area contributed by atoms with Crippen LogP contribution in [0.25, 0.3) is 22.3 Å². The number of halogens is 4. The molecule has 1 amide bonds. The molecule has 1 saturated heterocycles. The Bertz CT molecular complexity index is 1700. The molecule has 0 spiro atoms. The average Bonchev–Trinajstić information content (AvgIpc) is 3.21. The van der Waals surface area contributed by atoms with Gasteiger partial charge < -0.3 is 4.74 Å². The number of ether oxygens (including phenoxy) is 1. The van der Waals surface area contributed by atoms with E-state index >= 15 is 0 Å². The summed E-state index contributed by atoms with van der Waals surface area (Å²) in [6, 6.07) is 20.4. The van der Waals surface area contributed by atoms with Crippen molar-refractivity contribution < 1.29 is 27.5 Å². The molecule has 0 saturated carbocycles. The Labute approximate surface area is 247 Å². The van der Waals surface area contributed by atoms with Crippen LogP contribution in [0, 0.1) is 20.8 Å². The van der Waals surface area contributed by atoms with E-state index in [2.05, 4.69) is 0 Å². The molecule has 4 aromatic carbocycles. The van der Waals surface area contributed by atoms with Gasteiger partial charge >= 0.3 is 12.3 Å². The Morgan fingerprint density at radius 1 is 0.881 bits per heavy atom. The number of alkyl halides is 3. The summed E-state index contributed by atoms with van der Waals surface area (Å²) in [4.78, 5) is 25.9. The van der Waals surface area contributed by atoms with Gasteiger partial charge in [-0.3, -0.25) is 9.69 Å². The number of carbonyl (C=O) groups is 2. The molecule has 216 valence electrons. The van der Waals surface area contributed by atoms with Gasteiger partial charge in [0.15, 0.2) is 0 Å². The lowest BCUT2D eigenvalue weighted by molar-refractivity contribution is -0.137. The number of aldehydes is 1. The summed E-state index contributed by atoms with van der Waals surface area (Å²) >= 11 is 6.72. The number of hydrogen-bond donors (Lipinski definition) is 0. The highest BCUT2D eigenvalue weighted by Gasteiger charge is 2.41. The highest BCUT2D eigenvalue weighted by atomic mass is 35.5. The fourth-order valence-corrected chi connectivity index (χ4v) is 5.80. The van der Waals surface area contributed by atoms with Crippen molar-refractivity contribution in [2.24, 2.45) is 0 Å². The van der Waals surface area contributed by atoms with Gasteiger partial charge in [0.2, 0.25) is 0 Å². The van der Waals surface area contributed by atoms with E-state index in [0.717, 1.165) is 57.4 Å². The lowest BCUT2D eigenvalue weighted by Crippen LogP contribution is -2.31. The Morgan fingerprint density at radius 3 is 2.31 bits per heavy atom. The van der Waals surface area contributed by atoms with Crippen LogP contribution in [-0.4, -0.2) is 23.3 Å². The van der Waals surface area contributed by atoms with Crippen molar-refractivity contribution in [1.29, 1.82) is 0 Å². The molecule has 2 atom stereocenters. The van der Waals surface area contributed by atoms with Crippen molar-refractivity contribution in [2.45, 2.75) is 52.6 Å². The summed E-state index contributed by atoms with van der Waals surface area (Å²) < 4.78 is 46.1. The van der Waals surface area contributed by atoms with Gasteiger partial charge in [0.05, 0.1) is 18.2 Å². The van der Waals surface area contributed by atoms with Crippen LogP contribution in [0.2, 0.25) is 5.02 Å². The number of amides is 1. The van der Waals surface area contributed by atoms with Crippen LogP contribution in [0.3, 0.4) is 0 Å². The molecular weight excluding hydrogens is 563 g/mol. The number of cyclic esters (lactones) is 1. The summed E-state index contributed by atoms with van der Waals surface area (Å²) in [5.41, 5.74) is 6.80. The second-order valence-electron chi connectivity index (χ2n) is 10.9. The van der Waals surface area contributed by atoms with Gasteiger partial charge in [-0.2, -0.15) is 13.2 Å². The fourth-order valence-electron chi connectivity index (χ4n) is 5.58. The molecule has 1 aliphatic heterocycles. The van der Waals surface area contributed by atoms with Gasteiger partial charge in [0, 0.05) is 16.1 Å². The Balaban J connectivity index is 1.50. The summed E-state index contributed by atoms with van der Waals surface area (Å²) in [5, 5.41) is 0.528. The van der Waals surface area contributed by atoms with E-state index in [1.807, 2.05) is 62.4 Å². The molecule has 8 heteroatoms. The molecule has 0 N–H and O–H groups in total. The van der Waals surface area contributed by atoms with E-state index in [1.54, 1.807) is 30.9 Å². The van der Waals surface area contributed by atoms with E-state index in [4.69, 9.17) is 16.3 Å². The molecule has 0 radical (unpaired) electrons. The van der Waals surface area contributed by atoms with Crippen LogP contribution in [-0.2, 0) is 17.5 Å². The Morgan fingerprint density at radius 2 is 1.62 bits per heavy atom. The lowest BCUT2D eigenvalue weighted by Gasteiger charge is -2.23. The predicted octanol–water partition coefficient (Wildman–Crippen LogP) is 9.51. The Kier molecular flexibility index (Phi) is 7.90. The maximum Gasteiger partial charge on any atom is 0.416 e. The second kappa shape index (κ2) is 11.3. The lowest BCUT2D eigenvalue weighted by atomic mass is 9.92. The third-order valence-corrected chi connectivity index (χ3v) is 8.03. The number of carbonyl (C=O) groups excluding carboxylic acids is 2. The monoisotopic (exact) mass is 591 g/mol. The van der Waals surface area contributed by atoms with Gasteiger partial charge in [-0.15, -0.1) is 0 Å². The van der Waals surface area contributed by atoms with Gasteiger partial charge in [-0.1, -0.05) is 65.2 Å². The minimum absolute atomic E-state index is 0.180. The topological polar surface area (TPSA) is 46.6 Å². The SMILES string of the molecule is Cc1cc([C@H]2OC(=O)N(Cc3cc(C)ccc3-c3cc(-c4ccc(C=O)cc4C)ccc3Cl)[C@H]2C)cc(C(F)(F)F)c1. The molecule has 1 fully saturated rings. The fraction of sp³-hybridized carbons (Fsp3) is 0.235. The van der Waals surface area contributed by atoms with E-state index in [9.17, 15) is 22.8 Å². The van der Waals surface area contributed by atoms with Crippen LogP contribution in [0.15, 0.2) is 72.8 Å². The van der Waals surface area contributed by atoms with Crippen LogP contribution in [0.5, 0.6) is 0 Å². The van der Waals surface area contributed by atoms with E-state index in [0.29, 0.717) is 21.7 Å². The van der Waals surface area contributed by atoms with Gasteiger partial charge in [-0.25, -0.2) is 4.79 Å². The summed E-state index contributed by atoms with van der Waals surface area (Å²) in [7, 11) is 0. The Hall–Kier alpha value is -4.10. The van der Waals surface area contributed by atoms with E-state index < -0.39 is 30.0 Å². The zero-order valence-electron chi connectivity index (χ0n) is 23.6. The maximum atomic E-state index is 13.5. The number of aryl methyl sites for hydroxylation is 3. The molecule has 42 heavy (non-hydrogen) atoms. The standard InChI is InChI=1S/C34H29ClF3NO3/c1-19-5-8-29(30-16-24(7-10-31(30)35)28-9-6-23(18-40)14-21(28)3)26(11-19)17-39-22(4)32(42-33(39)41)25-12-20(2)13-27(15-25)34(36,37)38/h5-16,18,22,32H,17H2,1-4H3/t22-,32-/m0/s1. The first kappa shape index (κ1) is 29.4. The van der Waals surface area contributed by atoms with E-state index in [-0.39, 0.29) is 6.54 Å². The summed E-state index contributed by atoms with van der Waals surface area (Å²) in [6.07, 6.45) is -5.14. The van der Waals surface area contributed by atoms with Gasteiger partial charge in [-0.05, 0) is 91.4 Å². The first-order valence-corrected chi connectivity index (χ1v) is 13.8. The van der Waals surface area contributed by atoms with Crippen molar-refractivity contribution in [2.75, 3.05) is 0 Å². The van der Waals surface area contributed by atoms with Crippen LogP contribution in [0.1, 0.15) is 56.8 Å². The second-order valence-corrected chi connectivity index (χ2v) is 11.3. The molecular formula is C34H29ClF3NO3. The van der Waals surface area contributed by atoms with Crippen molar-refractivity contribution in [3.05, 3.63) is 117 Å². The average molecular weight is 592 g/mol. The molecule has 0 aliphatic carbocycles. The maximum absolute atomic E-state index is 13.5. The van der Waals surface area contributed by atoms with Crippen LogP contribution < -0.4 is 0 Å². The number of benzene rings is 4. The summed E-state index contributed by atoms with van der Waals surface area (Å²) in [5.74, 6) is 0. The first-order chi connectivity index (χ1) is 19.8. The molecule has 0 unspecified atom stereocenters. The summed E-state index contributed by atoms with van der Waals surface area (Å²) in [6.45, 7) is 7.44. The smallest absolute Gasteiger partial charge is 0.416 e. The molecule has 4 aromatic rings. The normalized spacial score (nSPS) is 17.0. The zero-order valence-corrected chi connectivity index (χ0v) is 24.3. The van der Waals surface area contributed by atoms with Gasteiger partial charge in [0.25, 0.3) is 0 Å². The molecule has 5 rings (SSSR count). The third-order valence-electron chi connectivity index (χ3n) is 7.70. The predicted molar refractivity (Wildman–Crippen MR) is 158 cm³/mol. The highest BCUT2D eigenvalue weighted by Crippen LogP contribution is 2.40. The zero-order chi connectivity index (χ0) is 30.3. The highest BCUT2D eigenvalue weighted by molar-refractivity contribution is 6.33. The molecule has 1 heterocycles. The van der Waals surface area contributed by atoms with Crippen molar-refractivity contribution in [3.63, 3.8) is 0 Å².